The maximum absolute atomic E-state index is 11.6. The van der Waals surface area contributed by atoms with Gasteiger partial charge in [0.2, 0.25) is 5.91 Å². The number of amides is 1. The molecule has 0 saturated heterocycles. The van der Waals surface area contributed by atoms with E-state index in [0.29, 0.717) is 0 Å². The Labute approximate surface area is 92.8 Å². The molecule has 2 rings (SSSR count). The fourth-order valence-electron chi connectivity index (χ4n) is 1.93. The Kier molecular flexibility index (Phi) is 3.45. The molecule has 1 aliphatic carbocycles. The topological polar surface area (TPSA) is 92.9 Å². The van der Waals surface area contributed by atoms with Crippen molar-refractivity contribution >= 4 is 5.91 Å². The number of nitrogens with zero attached hydrogens (tertiary/aromatic N) is 4. The molecule has 0 aliphatic heterocycles. The van der Waals surface area contributed by atoms with Crippen molar-refractivity contribution in [3.8, 4) is 0 Å². The van der Waals surface area contributed by atoms with E-state index >= 15 is 0 Å². The van der Waals surface area contributed by atoms with Crippen molar-refractivity contribution in [2.75, 3.05) is 0 Å². The van der Waals surface area contributed by atoms with Crippen molar-refractivity contribution in [3.05, 3.63) is 6.33 Å². The summed E-state index contributed by atoms with van der Waals surface area (Å²) < 4.78 is 1.35. The van der Waals surface area contributed by atoms with Crippen molar-refractivity contribution < 1.29 is 9.90 Å². The van der Waals surface area contributed by atoms with E-state index in [1.165, 1.54) is 11.0 Å². The molecule has 1 amide bonds. The van der Waals surface area contributed by atoms with Gasteiger partial charge >= 0.3 is 0 Å². The van der Waals surface area contributed by atoms with Crippen LogP contribution >= 0.6 is 0 Å². The molecule has 1 aromatic heterocycles. The van der Waals surface area contributed by atoms with Gasteiger partial charge in [0.05, 0.1) is 12.1 Å². The lowest BCUT2D eigenvalue weighted by atomic mass is 9.92. The Hall–Kier alpha value is -1.50. The summed E-state index contributed by atoms with van der Waals surface area (Å²) in [6.07, 6.45) is 4.63. The molecule has 1 aliphatic rings. The number of hydrogen-bond donors (Lipinski definition) is 2. The van der Waals surface area contributed by atoms with Crippen molar-refractivity contribution in [2.45, 2.75) is 44.4 Å². The molecule has 0 unspecified atom stereocenters. The third-order valence-corrected chi connectivity index (χ3v) is 2.77. The molecule has 7 heteroatoms. The van der Waals surface area contributed by atoms with Crippen LogP contribution in [0, 0.1) is 0 Å². The minimum Gasteiger partial charge on any atom is -0.391 e. The lowest BCUT2D eigenvalue weighted by Crippen LogP contribution is -2.46. The van der Waals surface area contributed by atoms with Crippen LogP contribution in [-0.4, -0.2) is 43.4 Å². The number of aromatic nitrogens is 4. The average Bonchev–Trinajstić information content (AvgIpc) is 2.74. The van der Waals surface area contributed by atoms with E-state index in [1.807, 2.05) is 0 Å². The Morgan fingerprint density at radius 1 is 1.50 bits per heavy atom. The predicted molar refractivity (Wildman–Crippen MR) is 54.2 cm³/mol. The van der Waals surface area contributed by atoms with Crippen LogP contribution in [0.2, 0.25) is 0 Å². The molecule has 2 atom stereocenters. The molecular weight excluding hydrogens is 210 g/mol. The maximum Gasteiger partial charge on any atom is 0.242 e. The standard InChI is InChI=1S/C9H15N5O2/c15-8-4-2-1-3-7(8)11-9(16)5-14-6-10-12-13-14/h6-8,15H,1-5H2,(H,11,16)/t7-,8-/m0/s1. The summed E-state index contributed by atoms with van der Waals surface area (Å²) in [6.45, 7) is 0.0935. The zero-order chi connectivity index (χ0) is 11.4. The largest absolute Gasteiger partial charge is 0.391 e. The van der Waals surface area contributed by atoms with Crippen LogP contribution < -0.4 is 5.32 Å². The van der Waals surface area contributed by atoms with Gasteiger partial charge < -0.3 is 10.4 Å². The highest BCUT2D eigenvalue weighted by molar-refractivity contribution is 5.75. The third kappa shape index (κ3) is 2.75. The van der Waals surface area contributed by atoms with Crippen molar-refractivity contribution in [1.29, 1.82) is 0 Å². The van der Waals surface area contributed by atoms with Crippen LogP contribution in [-0.2, 0) is 11.3 Å². The second kappa shape index (κ2) is 5.02. The highest BCUT2D eigenvalue weighted by atomic mass is 16.3. The van der Waals surface area contributed by atoms with Gasteiger partial charge in [0.1, 0.15) is 12.9 Å². The van der Waals surface area contributed by atoms with Crippen molar-refractivity contribution in [3.63, 3.8) is 0 Å². The Morgan fingerprint density at radius 3 is 3.00 bits per heavy atom. The molecule has 0 spiro atoms. The first-order valence-corrected chi connectivity index (χ1v) is 5.44. The summed E-state index contributed by atoms with van der Waals surface area (Å²) >= 11 is 0. The van der Waals surface area contributed by atoms with Crippen LogP contribution in [0.3, 0.4) is 0 Å². The van der Waals surface area contributed by atoms with Gasteiger partial charge in [0.25, 0.3) is 0 Å². The fourth-order valence-corrected chi connectivity index (χ4v) is 1.93. The monoisotopic (exact) mass is 225 g/mol. The number of nitrogens with one attached hydrogen (secondary N) is 1. The zero-order valence-electron chi connectivity index (χ0n) is 8.91. The van der Waals surface area contributed by atoms with Crippen molar-refractivity contribution in [2.24, 2.45) is 0 Å². The number of tetrazole rings is 1. The number of hydrogen-bond acceptors (Lipinski definition) is 5. The minimum absolute atomic E-state index is 0.0935. The van der Waals surface area contributed by atoms with E-state index in [-0.39, 0.29) is 18.5 Å². The molecule has 0 aromatic carbocycles. The summed E-state index contributed by atoms with van der Waals surface area (Å²) in [4.78, 5) is 11.6. The highest BCUT2D eigenvalue weighted by Gasteiger charge is 2.24. The number of rotatable bonds is 3. The van der Waals surface area contributed by atoms with Crippen LogP contribution in [0.4, 0.5) is 0 Å². The van der Waals surface area contributed by atoms with E-state index in [0.717, 1.165) is 25.7 Å². The molecule has 2 N–H and O–H groups in total. The van der Waals surface area contributed by atoms with Gasteiger partial charge in [-0.05, 0) is 23.3 Å². The van der Waals surface area contributed by atoms with Gasteiger partial charge in [-0.2, -0.15) is 0 Å². The van der Waals surface area contributed by atoms with Crippen LogP contribution in [0.25, 0.3) is 0 Å². The first-order valence-electron chi connectivity index (χ1n) is 5.44. The Balaban J connectivity index is 1.82. The quantitative estimate of drug-likeness (QED) is 0.695. The van der Waals surface area contributed by atoms with E-state index in [9.17, 15) is 9.90 Å². The fraction of sp³-hybridized carbons (Fsp3) is 0.778. The van der Waals surface area contributed by atoms with E-state index < -0.39 is 6.10 Å². The first kappa shape index (κ1) is 11.0. The molecule has 16 heavy (non-hydrogen) atoms. The molecule has 0 radical (unpaired) electrons. The lowest BCUT2D eigenvalue weighted by molar-refractivity contribution is -0.123. The molecule has 0 bridgehead atoms. The Morgan fingerprint density at radius 2 is 2.31 bits per heavy atom. The number of aliphatic hydroxyl groups excluding tert-OH is 1. The van der Waals surface area contributed by atoms with Crippen LogP contribution in [0.5, 0.6) is 0 Å². The van der Waals surface area contributed by atoms with Gasteiger partial charge in [0, 0.05) is 0 Å². The summed E-state index contributed by atoms with van der Waals surface area (Å²) in [6, 6.07) is -0.127. The molecule has 1 aromatic rings. The molecule has 7 nitrogen and oxygen atoms in total. The number of carbonyl (C=O) groups excluding carboxylic acids is 1. The van der Waals surface area contributed by atoms with Gasteiger partial charge in [0.15, 0.2) is 0 Å². The average molecular weight is 225 g/mol. The maximum atomic E-state index is 11.6. The molecule has 1 heterocycles. The second-order valence-corrected chi connectivity index (χ2v) is 4.03. The molecule has 1 saturated carbocycles. The predicted octanol–water partition coefficient (Wildman–Crippen LogP) is -0.907. The van der Waals surface area contributed by atoms with Gasteiger partial charge in [-0.3, -0.25) is 4.79 Å². The summed E-state index contributed by atoms with van der Waals surface area (Å²) in [5.74, 6) is -0.168. The minimum atomic E-state index is -0.424. The Bertz CT molecular complexity index is 340. The molecular formula is C9H15N5O2. The summed E-state index contributed by atoms with van der Waals surface area (Å²) in [5.41, 5.74) is 0. The van der Waals surface area contributed by atoms with E-state index in [4.69, 9.17) is 0 Å². The number of aliphatic hydroxyl groups is 1. The normalized spacial score (nSPS) is 25.3. The van der Waals surface area contributed by atoms with E-state index in [1.54, 1.807) is 0 Å². The van der Waals surface area contributed by atoms with E-state index in [2.05, 4.69) is 20.8 Å². The molecule has 88 valence electrons. The first-order chi connectivity index (χ1) is 7.75. The van der Waals surface area contributed by atoms with Gasteiger partial charge in [-0.1, -0.05) is 12.8 Å². The summed E-state index contributed by atoms with van der Waals surface area (Å²) in [7, 11) is 0. The zero-order valence-corrected chi connectivity index (χ0v) is 8.91. The van der Waals surface area contributed by atoms with Gasteiger partial charge in [-0.15, -0.1) is 5.10 Å². The van der Waals surface area contributed by atoms with Crippen LogP contribution in [0.1, 0.15) is 25.7 Å². The molecule has 1 fully saturated rings. The second-order valence-electron chi connectivity index (χ2n) is 4.03. The van der Waals surface area contributed by atoms with Gasteiger partial charge in [-0.25, -0.2) is 4.68 Å². The highest BCUT2D eigenvalue weighted by Crippen LogP contribution is 2.18. The van der Waals surface area contributed by atoms with Crippen molar-refractivity contribution in [1.82, 2.24) is 25.5 Å². The lowest BCUT2D eigenvalue weighted by Gasteiger charge is -2.28. The number of carbonyl (C=O) groups is 1. The SMILES string of the molecule is O=C(Cn1cnnn1)N[C@H]1CCCC[C@@H]1O. The smallest absolute Gasteiger partial charge is 0.242 e. The summed E-state index contributed by atoms with van der Waals surface area (Å²) in [5, 5.41) is 23.0. The van der Waals surface area contributed by atoms with Crippen LogP contribution in [0.15, 0.2) is 6.33 Å². The third-order valence-electron chi connectivity index (χ3n) is 2.77.